The van der Waals surface area contributed by atoms with Gasteiger partial charge in [-0.3, -0.25) is 0 Å². The van der Waals surface area contributed by atoms with Crippen LogP contribution in [-0.2, 0) is 0 Å². The van der Waals surface area contributed by atoms with Crippen LogP contribution in [0, 0.1) is 0 Å². The summed E-state index contributed by atoms with van der Waals surface area (Å²) in [4.78, 5) is 0. The fourth-order valence-electron chi connectivity index (χ4n) is 1.16. The van der Waals surface area contributed by atoms with Crippen molar-refractivity contribution in [1.82, 2.24) is 0 Å². The maximum atomic E-state index is 11.8. The fourth-order valence-corrected chi connectivity index (χ4v) is 1.56. The quantitative estimate of drug-likeness (QED) is 0.828. The van der Waals surface area contributed by atoms with Crippen LogP contribution in [0.5, 0.6) is 5.75 Å². The second kappa shape index (κ2) is 6.16. The van der Waals surface area contributed by atoms with Crippen molar-refractivity contribution < 1.29 is 23.0 Å². The highest BCUT2D eigenvalue weighted by molar-refractivity contribution is 8.00. The predicted molar refractivity (Wildman–Crippen MR) is 61.1 cm³/mol. The summed E-state index contributed by atoms with van der Waals surface area (Å²) in [6.45, 7) is 1.63. The van der Waals surface area contributed by atoms with Crippen molar-refractivity contribution in [2.45, 2.75) is 18.5 Å². The van der Waals surface area contributed by atoms with Crippen molar-refractivity contribution in [3.05, 3.63) is 29.8 Å². The van der Waals surface area contributed by atoms with E-state index in [0.29, 0.717) is 5.75 Å². The van der Waals surface area contributed by atoms with Gasteiger partial charge in [-0.25, -0.2) is 0 Å². The van der Waals surface area contributed by atoms with Gasteiger partial charge in [0.1, 0.15) is 5.75 Å². The van der Waals surface area contributed by atoms with Gasteiger partial charge < -0.3 is 9.84 Å². The van der Waals surface area contributed by atoms with Gasteiger partial charge in [0.25, 0.3) is 0 Å². The highest BCUT2D eigenvalue weighted by Crippen LogP contribution is 2.29. The number of alkyl halides is 3. The number of aliphatic hydroxyl groups excluding tert-OH is 1. The number of hydrogen-bond acceptors (Lipinski definition) is 3. The molecule has 0 aliphatic heterocycles. The molecule has 0 aliphatic carbocycles. The lowest BCUT2D eigenvalue weighted by Gasteiger charge is -2.09. The second-order valence-electron chi connectivity index (χ2n) is 3.39. The molecule has 1 rings (SSSR count). The number of halogens is 3. The van der Waals surface area contributed by atoms with Crippen LogP contribution < -0.4 is 4.74 Å². The summed E-state index contributed by atoms with van der Waals surface area (Å²) in [5.74, 6) is 0.360. The molecule has 0 radical (unpaired) electrons. The fraction of sp³-hybridized carbons (Fsp3) is 0.455. The van der Waals surface area contributed by atoms with Crippen LogP contribution in [0.3, 0.4) is 0 Å². The van der Waals surface area contributed by atoms with Gasteiger partial charge in [-0.15, -0.1) is 0 Å². The highest BCUT2D eigenvalue weighted by Gasteiger charge is 2.27. The van der Waals surface area contributed by atoms with E-state index in [0.717, 1.165) is 5.56 Å². The van der Waals surface area contributed by atoms with Crippen LogP contribution in [0.2, 0.25) is 0 Å². The smallest absolute Gasteiger partial charge is 0.441 e. The second-order valence-corrected chi connectivity index (χ2v) is 4.55. The molecule has 0 aliphatic rings. The Hall–Kier alpha value is -0.880. The topological polar surface area (TPSA) is 29.5 Å². The minimum Gasteiger partial charge on any atom is -0.493 e. The third-order valence-electron chi connectivity index (χ3n) is 1.98. The van der Waals surface area contributed by atoms with Crippen molar-refractivity contribution in [3.8, 4) is 5.75 Å². The molecule has 0 saturated carbocycles. The first-order valence-corrected chi connectivity index (χ1v) is 5.98. The van der Waals surface area contributed by atoms with Gasteiger partial charge in [0.15, 0.2) is 0 Å². The van der Waals surface area contributed by atoms with Crippen LogP contribution in [0.1, 0.15) is 18.6 Å². The Morgan fingerprint density at radius 3 is 2.35 bits per heavy atom. The summed E-state index contributed by atoms with van der Waals surface area (Å²) >= 11 is -0.104. The van der Waals surface area contributed by atoms with Crippen molar-refractivity contribution in [3.63, 3.8) is 0 Å². The Bertz CT molecular complexity index is 336. The molecule has 0 unspecified atom stereocenters. The molecule has 1 atom stereocenters. The summed E-state index contributed by atoms with van der Waals surface area (Å²) < 4.78 is 40.5. The average Bonchev–Trinajstić information content (AvgIpc) is 2.24. The zero-order valence-corrected chi connectivity index (χ0v) is 10.0. The first-order valence-electron chi connectivity index (χ1n) is 5.00. The lowest BCUT2D eigenvalue weighted by atomic mass is 10.1. The molecule has 2 nitrogen and oxygen atoms in total. The van der Waals surface area contributed by atoms with E-state index >= 15 is 0 Å². The molecule has 1 aromatic rings. The molecule has 0 saturated heterocycles. The third kappa shape index (κ3) is 5.83. The number of rotatable bonds is 5. The molecular formula is C11H13F3O2S. The van der Waals surface area contributed by atoms with Gasteiger partial charge in [0, 0.05) is 5.75 Å². The van der Waals surface area contributed by atoms with Gasteiger partial charge in [-0.2, -0.15) is 13.2 Å². The molecule has 96 valence electrons. The SMILES string of the molecule is C[C@H](O)c1ccc(OCCSC(F)(F)F)cc1. The highest BCUT2D eigenvalue weighted by atomic mass is 32.2. The molecular weight excluding hydrogens is 253 g/mol. The summed E-state index contributed by atoms with van der Waals surface area (Å²) in [6, 6.07) is 6.61. The van der Waals surface area contributed by atoms with Crippen LogP contribution in [0.15, 0.2) is 24.3 Å². The summed E-state index contributed by atoms with van der Waals surface area (Å²) in [5, 5.41) is 9.25. The zero-order chi connectivity index (χ0) is 12.9. The zero-order valence-electron chi connectivity index (χ0n) is 9.20. The van der Waals surface area contributed by atoms with Crippen molar-refractivity contribution in [2.24, 2.45) is 0 Å². The average molecular weight is 266 g/mol. The van der Waals surface area contributed by atoms with E-state index in [1.165, 1.54) is 0 Å². The minimum absolute atomic E-state index is 0.00178. The number of hydrogen-bond donors (Lipinski definition) is 1. The van der Waals surface area contributed by atoms with Crippen molar-refractivity contribution >= 4 is 11.8 Å². The lowest BCUT2D eigenvalue weighted by Crippen LogP contribution is -2.07. The van der Waals surface area contributed by atoms with Crippen LogP contribution in [-0.4, -0.2) is 23.0 Å². The standard InChI is InChI=1S/C11H13F3O2S/c1-8(15)9-2-4-10(5-3-9)16-6-7-17-11(12,13)14/h2-5,8,15H,6-7H2,1H3/t8-/m0/s1. The molecule has 0 spiro atoms. The maximum Gasteiger partial charge on any atom is 0.441 e. The Morgan fingerprint density at radius 2 is 1.88 bits per heavy atom. The Balaban J connectivity index is 2.33. The van der Waals surface area contributed by atoms with E-state index in [1.54, 1.807) is 31.2 Å². The molecule has 6 heteroatoms. The van der Waals surface area contributed by atoms with E-state index < -0.39 is 11.6 Å². The first-order chi connectivity index (χ1) is 7.88. The number of aliphatic hydroxyl groups is 1. The first kappa shape index (κ1) is 14.2. The molecule has 0 bridgehead atoms. The number of thioether (sulfide) groups is 1. The van der Waals surface area contributed by atoms with E-state index in [-0.39, 0.29) is 24.1 Å². The third-order valence-corrected chi connectivity index (χ3v) is 2.68. The van der Waals surface area contributed by atoms with Crippen LogP contribution >= 0.6 is 11.8 Å². The van der Waals surface area contributed by atoms with Gasteiger partial charge >= 0.3 is 5.51 Å². The molecule has 0 amide bonds. The van der Waals surface area contributed by atoms with E-state index in [9.17, 15) is 18.3 Å². The largest absolute Gasteiger partial charge is 0.493 e. The summed E-state index contributed by atoms with van der Waals surface area (Å²) in [6.07, 6.45) is -0.565. The monoisotopic (exact) mass is 266 g/mol. The Morgan fingerprint density at radius 1 is 1.29 bits per heavy atom. The Kier molecular flexibility index (Phi) is 5.14. The predicted octanol–water partition coefficient (Wildman–Crippen LogP) is 3.37. The molecule has 0 heterocycles. The van der Waals surface area contributed by atoms with Crippen molar-refractivity contribution in [1.29, 1.82) is 0 Å². The van der Waals surface area contributed by atoms with E-state index in [4.69, 9.17) is 4.74 Å². The molecule has 0 aromatic heterocycles. The van der Waals surface area contributed by atoms with Crippen LogP contribution in [0.4, 0.5) is 13.2 Å². The molecule has 1 aromatic carbocycles. The molecule has 1 N–H and O–H groups in total. The van der Waals surface area contributed by atoms with E-state index in [2.05, 4.69) is 0 Å². The lowest BCUT2D eigenvalue weighted by molar-refractivity contribution is -0.0329. The van der Waals surface area contributed by atoms with Gasteiger partial charge in [0.05, 0.1) is 12.7 Å². The summed E-state index contributed by atoms with van der Waals surface area (Å²) in [5.41, 5.74) is -3.47. The van der Waals surface area contributed by atoms with E-state index in [1.807, 2.05) is 0 Å². The normalized spacial score (nSPS) is 13.5. The van der Waals surface area contributed by atoms with Crippen molar-refractivity contribution in [2.75, 3.05) is 12.4 Å². The van der Waals surface area contributed by atoms with Gasteiger partial charge in [0.2, 0.25) is 0 Å². The maximum absolute atomic E-state index is 11.8. The molecule has 17 heavy (non-hydrogen) atoms. The number of benzene rings is 1. The summed E-state index contributed by atoms with van der Waals surface area (Å²) in [7, 11) is 0. The Labute approximate surface area is 102 Å². The molecule has 0 fully saturated rings. The number of ether oxygens (including phenoxy) is 1. The van der Waals surface area contributed by atoms with Gasteiger partial charge in [-0.1, -0.05) is 12.1 Å². The van der Waals surface area contributed by atoms with Crippen LogP contribution in [0.25, 0.3) is 0 Å². The minimum atomic E-state index is -4.21. The van der Waals surface area contributed by atoms with Gasteiger partial charge in [-0.05, 0) is 36.4 Å².